The Bertz CT molecular complexity index is 656. The number of nitrogens with one attached hydrogen (secondary N) is 1. The van der Waals surface area contributed by atoms with E-state index in [1.165, 1.54) is 30.6 Å². The van der Waals surface area contributed by atoms with Crippen molar-refractivity contribution in [1.82, 2.24) is 20.3 Å². The Balaban J connectivity index is 1.67. The maximum Gasteiger partial charge on any atom is 0.271 e. The molecule has 128 valence electrons. The van der Waals surface area contributed by atoms with Gasteiger partial charge in [0.15, 0.2) is 10.8 Å². The summed E-state index contributed by atoms with van der Waals surface area (Å²) in [7, 11) is 0. The summed E-state index contributed by atoms with van der Waals surface area (Å²) in [4.78, 5) is 25.2. The molecule has 0 radical (unpaired) electrons. The zero-order valence-corrected chi connectivity index (χ0v) is 14.3. The van der Waals surface area contributed by atoms with Gasteiger partial charge in [-0.1, -0.05) is 19.3 Å². The smallest absolute Gasteiger partial charge is 0.271 e. The molecule has 6 nitrogen and oxygen atoms in total. The minimum Gasteiger partial charge on any atom is -0.396 e. The number of carbonyl (C=O) groups is 1. The van der Waals surface area contributed by atoms with Crippen LogP contribution in [-0.4, -0.2) is 38.6 Å². The highest BCUT2D eigenvalue weighted by Gasteiger charge is 2.26. The fourth-order valence-corrected chi connectivity index (χ4v) is 3.98. The van der Waals surface area contributed by atoms with Crippen molar-refractivity contribution in [3.8, 4) is 10.8 Å². The van der Waals surface area contributed by atoms with Gasteiger partial charge in [-0.05, 0) is 31.2 Å². The summed E-state index contributed by atoms with van der Waals surface area (Å²) < 4.78 is 0. The third kappa shape index (κ3) is 4.15. The Morgan fingerprint density at radius 2 is 2.04 bits per heavy atom. The first-order valence-corrected chi connectivity index (χ1v) is 9.30. The monoisotopic (exact) mass is 346 g/mol. The zero-order chi connectivity index (χ0) is 16.8. The molecule has 2 aromatic heterocycles. The maximum atomic E-state index is 12.5. The van der Waals surface area contributed by atoms with Crippen molar-refractivity contribution in [2.75, 3.05) is 6.61 Å². The average molecular weight is 346 g/mol. The summed E-state index contributed by atoms with van der Waals surface area (Å²) in [5.41, 5.74) is 0.390. The molecule has 1 unspecified atom stereocenters. The lowest BCUT2D eigenvalue weighted by Crippen LogP contribution is -2.41. The topological polar surface area (TPSA) is 88.0 Å². The Morgan fingerprint density at radius 1 is 1.29 bits per heavy atom. The van der Waals surface area contributed by atoms with E-state index in [0.717, 1.165) is 12.8 Å². The van der Waals surface area contributed by atoms with Crippen LogP contribution in [0.1, 0.15) is 49.0 Å². The molecule has 0 bridgehead atoms. The molecule has 1 aliphatic carbocycles. The van der Waals surface area contributed by atoms with Gasteiger partial charge < -0.3 is 10.4 Å². The molecule has 0 spiro atoms. The van der Waals surface area contributed by atoms with Crippen LogP contribution in [0.2, 0.25) is 0 Å². The van der Waals surface area contributed by atoms with Gasteiger partial charge in [0.1, 0.15) is 5.69 Å². The molecule has 0 aromatic carbocycles. The van der Waals surface area contributed by atoms with Crippen LogP contribution < -0.4 is 5.32 Å². The Labute approximate surface area is 145 Å². The lowest BCUT2D eigenvalue weighted by atomic mass is 9.82. The van der Waals surface area contributed by atoms with Crippen LogP contribution in [0.5, 0.6) is 0 Å². The van der Waals surface area contributed by atoms with Crippen LogP contribution in [0.25, 0.3) is 10.8 Å². The molecule has 1 saturated carbocycles. The molecule has 0 saturated heterocycles. The number of aliphatic hydroxyl groups is 1. The molecule has 1 atom stereocenters. The SMILES string of the molecule is O=C(NC(CCO)C1CCCCC1)c1csc(-c2ncccn2)n1. The van der Waals surface area contributed by atoms with Gasteiger partial charge in [0, 0.05) is 30.4 Å². The van der Waals surface area contributed by atoms with Gasteiger partial charge in [-0.2, -0.15) is 0 Å². The van der Waals surface area contributed by atoms with E-state index < -0.39 is 0 Å². The second-order valence-electron chi connectivity index (χ2n) is 6.10. The molecule has 7 heteroatoms. The first-order chi connectivity index (χ1) is 11.8. The van der Waals surface area contributed by atoms with Crippen molar-refractivity contribution >= 4 is 17.2 Å². The fraction of sp³-hybridized carbons (Fsp3) is 0.529. The number of thiazole rings is 1. The molecule has 24 heavy (non-hydrogen) atoms. The first kappa shape index (κ1) is 17.0. The van der Waals surface area contributed by atoms with E-state index >= 15 is 0 Å². The van der Waals surface area contributed by atoms with Gasteiger partial charge in [0.2, 0.25) is 0 Å². The van der Waals surface area contributed by atoms with Crippen molar-refractivity contribution < 1.29 is 9.90 Å². The molecule has 1 amide bonds. The number of hydrogen-bond acceptors (Lipinski definition) is 6. The standard InChI is InChI=1S/C17H22N4O2S/c22-10-7-13(12-5-2-1-3-6-12)20-16(23)14-11-24-17(21-14)15-18-8-4-9-19-15/h4,8-9,11-13,22H,1-3,5-7,10H2,(H,20,23). The van der Waals surface area contributed by atoms with E-state index in [1.807, 2.05) is 0 Å². The highest BCUT2D eigenvalue weighted by atomic mass is 32.1. The van der Waals surface area contributed by atoms with E-state index in [-0.39, 0.29) is 18.6 Å². The molecule has 0 aliphatic heterocycles. The van der Waals surface area contributed by atoms with Gasteiger partial charge in [-0.15, -0.1) is 11.3 Å². The number of amides is 1. The van der Waals surface area contributed by atoms with Gasteiger partial charge in [-0.25, -0.2) is 15.0 Å². The van der Waals surface area contributed by atoms with Crippen LogP contribution in [0.3, 0.4) is 0 Å². The number of rotatable bonds is 6. The number of aliphatic hydroxyl groups excluding tert-OH is 1. The lowest BCUT2D eigenvalue weighted by Gasteiger charge is -2.30. The van der Waals surface area contributed by atoms with E-state index in [1.54, 1.807) is 23.8 Å². The maximum absolute atomic E-state index is 12.5. The first-order valence-electron chi connectivity index (χ1n) is 8.42. The predicted octanol–water partition coefficient (Wildman–Crippen LogP) is 2.66. The summed E-state index contributed by atoms with van der Waals surface area (Å²) >= 11 is 1.36. The summed E-state index contributed by atoms with van der Waals surface area (Å²) in [6, 6.07) is 1.76. The summed E-state index contributed by atoms with van der Waals surface area (Å²) in [5, 5.41) is 14.8. The van der Waals surface area contributed by atoms with Gasteiger partial charge in [0.05, 0.1) is 0 Å². The quantitative estimate of drug-likeness (QED) is 0.839. The normalized spacial score (nSPS) is 16.7. The van der Waals surface area contributed by atoms with Crippen LogP contribution in [-0.2, 0) is 0 Å². The van der Waals surface area contributed by atoms with Gasteiger partial charge in [-0.3, -0.25) is 4.79 Å². The number of nitrogens with zero attached hydrogens (tertiary/aromatic N) is 3. The second-order valence-corrected chi connectivity index (χ2v) is 6.96. The van der Waals surface area contributed by atoms with Crippen molar-refractivity contribution in [3.63, 3.8) is 0 Å². The van der Waals surface area contributed by atoms with Gasteiger partial charge in [0.25, 0.3) is 5.91 Å². The molecule has 2 aromatic rings. The van der Waals surface area contributed by atoms with Crippen molar-refractivity contribution in [2.24, 2.45) is 5.92 Å². The molecular weight excluding hydrogens is 324 g/mol. The Hall–Kier alpha value is -1.86. The van der Waals surface area contributed by atoms with E-state index in [4.69, 9.17) is 0 Å². The zero-order valence-electron chi connectivity index (χ0n) is 13.5. The summed E-state index contributed by atoms with van der Waals surface area (Å²) in [5.74, 6) is 0.795. The lowest BCUT2D eigenvalue weighted by molar-refractivity contribution is 0.0895. The van der Waals surface area contributed by atoms with Gasteiger partial charge >= 0.3 is 0 Å². The van der Waals surface area contributed by atoms with E-state index in [0.29, 0.717) is 28.9 Å². The minimum absolute atomic E-state index is 0.0147. The van der Waals surface area contributed by atoms with E-state index in [2.05, 4.69) is 20.3 Å². The predicted molar refractivity (Wildman–Crippen MR) is 92.7 cm³/mol. The number of hydrogen-bond donors (Lipinski definition) is 2. The Kier molecular flexibility index (Phi) is 5.87. The third-order valence-electron chi connectivity index (χ3n) is 4.47. The van der Waals surface area contributed by atoms with Crippen molar-refractivity contribution in [2.45, 2.75) is 44.6 Å². The largest absolute Gasteiger partial charge is 0.396 e. The molecule has 2 heterocycles. The molecule has 1 aliphatic rings. The number of aromatic nitrogens is 3. The third-order valence-corrected chi connectivity index (χ3v) is 5.31. The van der Waals surface area contributed by atoms with Crippen molar-refractivity contribution in [1.29, 1.82) is 0 Å². The molecule has 1 fully saturated rings. The summed E-state index contributed by atoms with van der Waals surface area (Å²) in [6.07, 6.45) is 9.81. The summed E-state index contributed by atoms with van der Waals surface area (Å²) in [6.45, 7) is 0.0849. The molecule has 2 N–H and O–H groups in total. The fourth-order valence-electron chi connectivity index (χ4n) is 3.23. The second kappa shape index (κ2) is 8.30. The van der Waals surface area contributed by atoms with Crippen LogP contribution in [0.4, 0.5) is 0 Å². The van der Waals surface area contributed by atoms with Crippen LogP contribution >= 0.6 is 11.3 Å². The molecule has 3 rings (SSSR count). The number of carbonyl (C=O) groups excluding carboxylic acids is 1. The average Bonchev–Trinajstić information content (AvgIpc) is 3.13. The highest BCUT2D eigenvalue weighted by molar-refractivity contribution is 7.13. The van der Waals surface area contributed by atoms with Crippen LogP contribution in [0.15, 0.2) is 23.8 Å². The highest BCUT2D eigenvalue weighted by Crippen LogP contribution is 2.28. The van der Waals surface area contributed by atoms with Crippen molar-refractivity contribution in [3.05, 3.63) is 29.5 Å². The minimum atomic E-state index is -0.183. The Morgan fingerprint density at radius 3 is 2.75 bits per heavy atom. The molecular formula is C17H22N4O2S. The van der Waals surface area contributed by atoms with Crippen LogP contribution in [0, 0.1) is 5.92 Å². The van der Waals surface area contributed by atoms with E-state index in [9.17, 15) is 9.90 Å².